The Morgan fingerprint density at radius 1 is 1.13 bits per heavy atom. The minimum Gasteiger partial charge on any atom is -0.354 e. The maximum absolute atomic E-state index is 15.6. The van der Waals surface area contributed by atoms with Crippen molar-refractivity contribution >= 4 is 17.6 Å². The molecule has 7 heteroatoms. The van der Waals surface area contributed by atoms with Gasteiger partial charge in [0.1, 0.15) is 11.4 Å². The Labute approximate surface area is 226 Å². The van der Waals surface area contributed by atoms with Gasteiger partial charge >= 0.3 is 0 Å². The lowest BCUT2D eigenvalue weighted by atomic mass is 9.87. The number of likely N-dealkylation sites (tertiary alicyclic amines) is 1. The van der Waals surface area contributed by atoms with Crippen LogP contribution >= 0.6 is 0 Å². The lowest BCUT2D eigenvalue weighted by Gasteiger charge is -2.38. The standard InChI is InChI=1S/C31H42FN3O3/c1-22(23-12-7-6-8-13-23)25-18-24(19-26(34-25)29(38)33-5)27(36)14-9-10-15-31(32)16-11-17-35(21-31)28(37)20-30(2,3)4/h6-8,12-13,18-19,22H,9-11,14-17,20-21H2,1-5H3,(H,33,38)/t22?,31-/m0/s1. The van der Waals surface area contributed by atoms with Crippen molar-refractivity contribution in [3.8, 4) is 0 Å². The Kier molecular flexibility index (Phi) is 9.80. The van der Waals surface area contributed by atoms with Gasteiger partial charge in [0.25, 0.3) is 5.91 Å². The summed E-state index contributed by atoms with van der Waals surface area (Å²) < 4.78 is 15.6. The van der Waals surface area contributed by atoms with Gasteiger partial charge in [0.15, 0.2) is 5.78 Å². The number of rotatable bonds is 10. The van der Waals surface area contributed by atoms with Gasteiger partial charge in [-0.1, -0.05) is 58.0 Å². The first-order valence-corrected chi connectivity index (χ1v) is 13.7. The summed E-state index contributed by atoms with van der Waals surface area (Å²) in [6, 6.07) is 13.1. The highest BCUT2D eigenvalue weighted by Crippen LogP contribution is 2.32. The molecule has 1 unspecified atom stereocenters. The Bertz CT molecular complexity index is 1130. The smallest absolute Gasteiger partial charge is 0.269 e. The van der Waals surface area contributed by atoms with E-state index < -0.39 is 5.67 Å². The van der Waals surface area contributed by atoms with Crippen molar-refractivity contribution in [1.29, 1.82) is 0 Å². The van der Waals surface area contributed by atoms with Crippen molar-refractivity contribution in [3.63, 3.8) is 0 Å². The predicted molar refractivity (Wildman–Crippen MR) is 148 cm³/mol. The molecule has 1 fully saturated rings. The fraction of sp³-hybridized carbons (Fsp3) is 0.548. The molecule has 0 radical (unpaired) electrons. The molecule has 1 aromatic heterocycles. The third-order valence-electron chi connectivity index (χ3n) is 7.21. The van der Waals surface area contributed by atoms with Crippen LogP contribution in [0.5, 0.6) is 0 Å². The van der Waals surface area contributed by atoms with E-state index in [9.17, 15) is 14.4 Å². The van der Waals surface area contributed by atoms with E-state index in [1.165, 1.54) is 7.05 Å². The third-order valence-corrected chi connectivity index (χ3v) is 7.21. The Hall–Kier alpha value is -3.09. The third kappa shape index (κ3) is 8.20. The summed E-state index contributed by atoms with van der Waals surface area (Å²) in [6.45, 7) is 8.79. The quantitative estimate of drug-likeness (QED) is 0.301. The molecule has 0 aliphatic carbocycles. The van der Waals surface area contributed by atoms with E-state index in [2.05, 4.69) is 10.3 Å². The molecule has 0 saturated carbocycles. The molecule has 6 nitrogen and oxygen atoms in total. The number of alkyl halides is 1. The number of Topliss-reactive ketones (excluding diaryl/α,β-unsaturated/α-hetero) is 1. The SMILES string of the molecule is CNC(=O)c1cc(C(=O)CCCC[C@]2(F)CCCN(C(=O)CC(C)(C)C)C2)cc(C(C)c2ccccc2)n1. The summed E-state index contributed by atoms with van der Waals surface area (Å²) >= 11 is 0. The second-order valence-corrected chi connectivity index (χ2v) is 11.8. The Balaban J connectivity index is 1.62. The van der Waals surface area contributed by atoms with E-state index in [4.69, 9.17) is 0 Å². The van der Waals surface area contributed by atoms with Gasteiger partial charge < -0.3 is 10.2 Å². The van der Waals surface area contributed by atoms with Crippen LogP contribution in [0.4, 0.5) is 4.39 Å². The van der Waals surface area contributed by atoms with Crippen LogP contribution in [0, 0.1) is 5.41 Å². The first-order valence-electron chi connectivity index (χ1n) is 13.7. The van der Waals surface area contributed by atoms with Crippen LogP contribution in [0.15, 0.2) is 42.5 Å². The van der Waals surface area contributed by atoms with Crippen molar-refractivity contribution in [2.75, 3.05) is 20.1 Å². The van der Waals surface area contributed by atoms with E-state index in [1.54, 1.807) is 17.0 Å². The Morgan fingerprint density at radius 3 is 2.50 bits per heavy atom. The topological polar surface area (TPSA) is 79.4 Å². The molecule has 1 N–H and O–H groups in total. The summed E-state index contributed by atoms with van der Waals surface area (Å²) in [7, 11) is 1.54. The molecule has 1 aromatic carbocycles. The highest BCUT2D eigenvalue weighted by molar-refractivity contribution is 5.99. The van der Waals surface area contributed by atoms with E-state index >= 15 is 4.39 Å². The Morgan fingerprint density at radius 2 is 1.84 bits per heavy atom. The minimum absolute atomic E-state index is 0.0135. The van der Waals surface area contributed by atoms with E-state index in [-0.39, 0.29) is 47.6 Å². The molecule has 2 atom stereocenters. The van der Waals surface area contributed by atoms with Gasteiger partial charge in [0.2, 0.25) is 5.91 Å². The van der Waals surface area contributed by atoms with Crippen LogP contribution in [-0.4, -0.2) is 53.3 Å². The lowest BCUT2D eigenvalue weighted by Crippen LogP contribution is -2.48. The summed E-state index contributed by atoms with van der Waals surface area (Å²) in [5, 5.41) is 2.59. The maximum atomic E-state index is 15.6. The number of amides is 2. The number of nitrogens with zero attached hydrogens (tertiary/aromatic N) is 2. The minimum atomic E-state index is -1.41. The second kappa shape index (κ2) is 12.6. The number of hydrogen-bond acceptors (Lipinski definition) is 4. The average Bonchev–Trinajstić information content (AvgIpc) is 2.89. The number of nitrogens with one attached hydrogen (secondary N) is 1. The van der Waals surface area contributed by atoms with Crippen LogP contribution in [0.1, 0.15) is 111 Å². The average molecular weight is 524 g/mol. The number of piperidine rings is 1. The van der Waals surface area contributed by atoms with Crippen LogP contribution in [0.3, 0.4) is 0 Å². The lowest BCUT2D eigenvalue weighted by molar-refractivity contribution is -0.137. The monoisotopic (exact) mass is 523 g/mol. The molecular formula is C31H42FN3O3. The predicted octanol–water partition coefficient (Wildman–Crippen LogP) is 6.10. The number of ketones is 1. The number of carbonyl (C=O) groups excluding carboxylic acids is 3. The molecule has 2 aromatic rings. The van der Waals surface area contributed by atoms with Crippen molar-refractivity contribution in [3.05, 3.63) is 65.0 Å². The molecule has 3 rings (SSSR count). The van der Waals surface area contributed by atoms with Crippen molar-refractivity contribution < 1.29 is 18.8 Å². The largest absolute Gasteiger partial charge is 0.354 e. The molecule has 0 spiro atoms. The van der Waals surface area contributed by atoms with E-state index in [0.29, 0.717) is 56.3 Å². The zero-order valence-electron chi connectivity index (χ0n) is 23.5. The number of carbonyl (C=O) groups is 3. The number of aromatic nitrogens is 1. The number of pyridine rings is 1. The fourth-order valence-corrected chi connectivity index (χ4v) is 5.03. The summed E-state index contributed by atoms with van der Waals surface area (Å²) in [6.07, 6.45) is 3.21. The molecule has 1 aliphatic heterocycles. The second-order valence-electron chi connectivity index (χ2n) is 11.8. The number of hydrogen-bond donors (Lipinski definition) is 1. The number of unbranched alkanes of at least 4 members (excludes halogenated alkanes) is 1. The maximum Gasteiger partial charge on any atom is 0.269 e. The summed E-state index contributed by atoms with van der Waals surface area (Å²) in [5.41, 5.74) is 0.825. The van der Waals surface area contributed by atoms with Crippen LogP contribution < -0.4 is 5.32 Å². The van der Waals surface area contributed by atoms with E-state index in [1.807, 2.05) is 58.0 Å². The molecule has 206 valence electrons. The van der Waals surface area contributed by atoms with Gasteiger partial charge in [-0.05, 0) is 55.2 Å². The van der Waals surface area contributed by atoms with Gasteiger partial charge in [-0.25, -0.2) is 9.37 Å². The normalized spacial score (nSPS) is 18.6. The number of benzene rings is 1. The van der Waals surface area contributed by atoms with Gasteiger partial charge in [0, 0.05) is 43.6 Å². The first-order chi connectivity index (χ1) is 17.9. The molecule has 2 amide bonds. The van der Waals surface area contributed by atoms with Crippen LogP contribution in [-0.2, 0) is 4.79 Å². The molecule has 38 heavy (non-hydrogen) atoms. The molecule has 1 saturated heterocycles. The zero-order valence-corrected chi connectivity index (χ0v) is 23.5. The molecular weight excluding hydrogens is 481 g/mol. The zero-order chi connectivity index (χ0) is 27.9. The summed E-state index contributed by atoms with van der Waals surface area (Å²) in [4.78, 5) is 44.3. The van der Waals surface area contributed by atoms with Crippen molar-refractivity contribution in [2.45, 2.75) is 84.2 Å². The van der Waals surface area contributed by atoms with Gasteiger partial charge in [-0.2, -0.15) is 0 Å². The van der Waals surface area contributed by atoms with Gasteiger partial charge in [-0.3, -0.25) is 14.4 Å². The van der Waals surface area contributed by atoms with Crippen molar-refractivity contribution in [1.82, 2.24) is 15.2 Å². The van der Waals surface area contributed by atoms with Crippen LogP contribution in [0.2, 0.25) is 0 Å². The first kappa shape index (κ1) is 29.5. The fourth-order valence-electron chi connectivity index (χ4n) is 5.03. The highest BCUT2D eigenvalue weighted by Gasteiger charge is 2.37. The summed E-state index contributed by atoms with van der Waals surface area (Å²) in [5.74, 6) is -0.505. The molecule has 0 bridgehead atoms. The van der Waals surface area contributed by atoms with E-state index in [0.717, 1.165) is 5.56 Å². The van der Waals surface area contributed by atoms with Crippen molar-refractivity contribution in [2.24, 2.45) is 5.41 Å². The molecule has 2 heterocycles. The number of halogens is 1. The molecule has 1 aliphatic rings. The van der Waals surface area contributed by atoms with Crippen LogP contribution in [0.25, 0.3) is 0 Å². The van der Waals surface area contributed by atoms with Gasteiger partial charge in [0.05, 0.1) is 6.54 Å². The highest BCUT2D eigenvalue weighted by atomic mass is 19.1. The van der Waals surface area contributed by atoms with Gasteiger partial charge in [-0.15, -0.1) is 0 Å².